The largest absolute Gasteiger partial charge is 0.508 e. The van der Waals surface area contributed by atoms with Gasteiger partial charge in [0.2, 0.25) is 0 Å². The minimum atomic E-state index is -2.62. The van der Waals surface area contributed by atoms with Crippen LogP contribution < -0.4 is 0 Å². The standard InChI is InChI=1S/C7H8ClFO3/c1-3-5(8)7(9,4-2)12-6(10)11/h3-5H,1-2H2,(H,10,11). The molecule has 0 aromatic heterocycles. The summed E-state index contributed by atoms with van der Waals surface area (Å²) in [4.78, 5) is 9.99. The zero-order chi connectivity index (χ0) is 9.78. The van der Waals surface area contributed by atoms with E-state index in [9.17, 15) is 9.18 Å². The molecule has 0 aliphatic rings. The van der Waals surface area contributed by atoms with E-state index in [1.807, 2.05) is 0 Å². The number of alkyl halides is 2. The Bertz CT molecular complexity index is 207. The maximum Gasteiger partial charge on any atom is 0.508 e. The maximum absolute atomic E-state index is 13.2. The van der Waals surface area contributed by atoms with Gasteiger partial charge in [0.1, 0.15) is 5.38 Å². The predicted molar refractivity (Wildman–Crippen MR) is 43.0 cm³/mol. The van der Waals surface area contributed by atoms with Gasteiger partial charge in [-0.3, -0.25) is 0 Å². The Morgan fingerprint density at radius 3 is 2.50 bits per heavy atom. The minimum absolute atomic E-state index is 0.667. The van der Waals surface area contributed by atoms with Gasteiger partial charge >= 0.3 is 6.16 Å². The fraction of sp³-hybridized carbons (Fsp3) is 0.286. The lowest BCUT2D eigenvalue weighted by atomic mass is 10.2. The van der Waals surface area contributed by atoms with Gasteiger partial charge in [-0.15, -0.1) is 18.2 Å². The second-order valence-corrected chi connectivity index (χ2v) is 2.38. The normalized spacial score (nSPS) is 17.2. The first kappa shape index (κ1) is 11.0. The molecule has 0 saturated heterocycles. The van der Waals surface area contributed by atoms with Gasteiger partial charge in [0.25, 0.3) is 5.85 Å². The molecule has 0 saturated carbocycles. The number of carbonyl (C=O) groups is 1. The zero-order valence-corrected chi connectivity index (χ0v) is 6.92. The van der Waals surface area contributed by atoms with Crippen molar-refractivity contribution in [3.63, 3.8) is 0 Å². The van der Waals surface area contributed by atoms with E-state index < -0.39 is 17.4 Å². The van der Waals surface area contributed by atoms with E-state index in [1.54, 1.807) is 0 Å². The molecule has 12 heavy (non-hydrogen) atoms. The van der Waals surface area contributed by atoms with E-state index in [2.05, 4.69) is 17.9 Å². The van der Waals surface area contributed by atoms with Crippen LogP contribution in [0.15, 0.2) is 25.3 Å². The lowest BCUT2D eigenvalue weighted by molar-refractivity contribution is -0.0692. The van der Waals surface area contributed by atoms with Gasteiger partial charge in [-0.25, -0.2) is 4.79 Å². The van der Waals surface area contributed by atoms with Crippen molar-refractivity contribution in [1.29, 1.82) is 0 Å². The molecule has 0 heterocycles. The zero-order valence-electron chi connectivity index (χ0n) is 6.17. The average molecular weight is 195 g/mol. The van der Waals surface area contributed by atoms with E-state index >= 15 is 0 Å². The molecule has 2 unspecified atom stereocenters. The summed E-state index contributed by atoms with van der Waals surface area (Å²) in [5.41, 5.74) is 0. The maximum atomic E-state index is 13.2. The van der Waals surface area contributed by atoms with Crippen LogP contribution in [0.25, 0.3) is 0 Å². The topological polar surface area (TPSA) is 46.5 Å². The number of halogens is 2. The van der Waals surface area contributed by atoms with Crippen LogP contribution in [-0.4, -0.2) is 22.5 Å². The van der Waals surface area contributed by atoms with Crippen LogP contribution in [0.5, 0.6) is 0 Å². The highest BCUT2D eigenvalue weighted by molar-refractivity contribution is 6.22. The van der Waals surface area contributed by atoms with Crippen LogP contribution in [0.4, 0.5) is 9.18 Å². The van der Waals surface area contributed by atoms with Crippen LogP contribution in [0.3, 0.4) is 0 Å². The fourth-order valence-corrected chi connectivity index (χ4v) is 0.639. The number of hydrogen-bond donors (Lipinski definition) is 1. The average Bonchev–Trinajstić information content (AvgIpc) is 2.01. The SMILES string of the molecule is C=CC(Cl)C(F)(C=C)OC(=O)O. The van der Waals surface area contributed by atoms with E-state index in [-0.39, 0.29) is 0 Å². The van der Waals surface area contributed by atoms with Gasteiger partial charge in [0.15, 0.2) is 0 Å². The Morgan fingerprint density at radius 2 is 2.25 bits per heavy atom. The Kier molecular flexibility index (Phi) is 3.76. The lowest BCUT2D eigenvalue weighted by Crippen LogP contribution is -2.35. The molecule has 68 valence electrons. The van der Waals surface area contributed by atoms with Crippen LogP contribution in [0.1, 0.15) is 0 Å². The van der Waals surface area contributed by atoms with Crippen molar-refractivity contribution in [3.8, 4) is 0 Å². The molecule has 0 fully saturated rings. The van der Waals surface area contributed by atoms with Crippen LogP contribution in [-0.2, 0) is 4.74 Å². The summed E-state index contributed by atoms with van der Waals surface area (Å²) in [6.45, 7) is 6.25. The monoisotopic (exact) mass is 194 g/mol. The number of hydrogen-bond acceptors (Lipinski definition) is 2. The molecular formula is C7H8ClFO3. The molecule has 1 N–H and O–H groups in total. The summed E-state index contributed by atoms with van der Waals surface area (Å²) >= 11 is 5.36. The summed E-state index contributed by atoms with van der Waals surface area (Å²) in [6, 6.07) is 0. The summed E-state index contributed by atoms with van der Waals surface area (Å²) in [5.74, 6) is -2.62. The first-order valence-corrected chi connectivity index (χ1v) is 3.41. The fourth-order valence-electron chi connectivity index (χ4n) is 0.505. The smallest absolute Gasteiger partial charge is 0.450 e. The molecule has 0 rings (SSSR count). The Hall–Kier alpha value is -1.03. The van der Waals surface area contributed by atoms with Crippen molar-refractivity contribution >= 4 is 17.8 Å². The third kappa shape index (κ3) is 2.54. The molecule has 0 radical (unpaired) electrons. The number of rotatable bonds is 4. The Balaban J connectivity index is 4.53. The van der Waals surface area contributed by atoms with Gasteiger partial charge in [0.05, 0.1) is 0 Å². The van der Waals surface area contributed by atoms with Crippen molar-refractivity contribution in [2.45, 2.75) is 11.2 Å². The van der Waals surface area contributed by atoms with Gasteiger partial charge in [0, 0.05) is 0 Å². The highest BCUT2D eigenvalue weighted by Crippen LogP contribution is 2.25. The summed E-state index contributed by atoms with van der Waals surface area (Å²) in [7, 11) is 0. The molecule has 0 aromatic carbocycles. The predicted octanol–water partition coefficient (Wildman–Crippen LogP) is 2.33. The molecule has 0 amide bonds. The Labute approximate surface area is 74.1 Å². The summed E-state index contributed by atoms with van der Waals surface area (Å²) in [5, 5.41) is 6.84. The summed E-state index contributed by atoms with van der Waals surface area (Å²) in [6.07, 6.45) is -0.0722. The molecule has 3 nitrogen and oxygen atoms in total. The summed E-state index contributed by atoms with van der Waals surface area (Å²) < 4.78 is 17.1. The van der Waals surface area contributed by atoms with Gasteiger partial charge in [-0.05, 0) is 6.08 Å². The highest BCUT2D eigenvalue weighted by Gasteiger charge is 2.37. The third-order valence-electron chi connectivity index (χ3n) is 1.11. The van der Waals surface area contributed by atoms with Gasteiger partial charge in [-0.2, -0.15) is 4.39 Å². The van der Waals surface area contributed by atoms with Crippen LogP contribution in [0.2, 0.25) is 0 Å². The third-order valence-corrected chi connectivity index (χ3v) is 1.58. The molecular weight excluding hydrogens is 187 g/mol. The molecule has 0 aliphatic heterocycles. The van der Waals surface area contributed by atoms with Gasteiger partial charge in [-0.1, -0.05) is 12.7 Å². The van der Waals surface area contributed by atoms with Crippen LogP contribution in [0, 0.1) is 0 Å². The quantitative estimate of drug-likeness (QED) is 0.425. The van der Waals surface area contributed by atoms with Crippen molar-refractivity contribution < 1.29 is 19.0 Å². The first-order valence-electron chi connectivity index (χ1n) is 2.97. The number of carboxylic acid groups (broad SMARTS) is 1. The van der Waals surface area contributed by atoms with Crippen molar-refractivity contribution in [1.82, 2.24) is 0 Å². The van der Waals surface area contributed by atoms with Gasteiger partial charge < -0.3 is 9.84 Å². The van der Waals surface area contributed by atoms with E-state index in [4.69, 9.17) is 16.7 Å². The van der Waals surface area contributed by atoms with Crippen LogP contribution >= 0.6 is 11.6 Å². The number of ether oxygens (including phenoxy) is 1. The second kappa shape index (κ2) is 4.11. The molecule has 5 heteroatoms. The van der Waals surface area contributed by atoms with E-state index in [0.717, 1.165) is 6.08 Å². The van der Waals surface area contributed by atoms with Crippen molar-refractivity contribution in [2.24, 2.45) is 0 Å². The van der Waals surface area contributed by atoms with Crippen molar-refractivity contribution in [3.05, 3.63) is 25.3 Å². The Morgan fingerprint density at radius 1 is 1.75 bits per heavy atom. The lowest BCUT2D eigenvalue weighted by Gasteiger charge is -2.22. The first-order chi connectivity index (χ1) is 5.46. The molecule has 2 atom stereocenters. The molecule has 0 aromatic rings. The molecule has 0 aliphatic carbocycles. The second-order valence-electron chi connectivity index (χ2n) is 1.91. The van der Waals surface area contributed by atoms with Crippen molar-refractivity contribution in [2.75, 3.05) is 0 Å². The highest BCUT2D eigenvalue weighted by atomic mass is 35.5. The van der Waals surface area contributed by atoms with E-state index in [1.165, 1.54) is 0 Å². The minimum Gasteiger partial charge on any atom is -0.450 e. The molecule has 0 spiro atoms. The molecule has 0 bridgehead atoms. The van der Waals surface area contributed by atoms with E-state index in [0.29, 0.717) is 6.08 Å².